The molecule has 1 aromatic heterocycles. The first-order valence-corrected chi connectivity index (χ1v) is 10.3. The second-order valence-electron chi connectivity index (χ2n) is 7.79. The number of hydrogen-bond acceptors (Lipinski definition) is 3. The molecular formula is C28H23NO2. The third kappa shape index (κ3) is 3.59. The summed E-state index contributed by atoms with van der Waals surface area (Å²) < 4.78 is 11.6. The summed E-state index contributed by atoms with van der Waals surface area (Å²) in [5, 5.41) is 4.25. The Labute approximate surface area is 181 Å². The van der Waals surface area contributed by atoms with Gasteiger partial charge in [0.05, 0.1) is 18.2 Å². The third-order valence-corrected chi connectivity index (χ3v) is 5.57. The van der Waals surface area contributed by atoms with Crippen LogP contribution in [0, 0.1) is 13.8 Å². The lowest BCUT2D eigenvalue weighted by molar-refractivity contribution is 0.415. The molecule has 0 spiro atoms. The summed E-state index contributed by atoms with van der Waals surface area (Å²) in [4.78, 5) is 5.12. The maximum absolute atomic E-state index is 6.35. The highest BCUT2D eigenvalue weighted by atomic mass is 16.5. The van der Waals surface area contributed by atoms with Gasteiger partial charge < -0.3 is 9.15 Å². The number of methoxy groups -OCH3 is 1. The van der Waals surface area contributed by atoms with Crippen LogP contribution in [0.15, 0.2) is 94.3 Å². The van der Waals surface area contributed by atoms with Crippen LogP contribution in [-0.4, -0.2) is 7.11 Å². The third-order valence-electron chi connectivity index (χ3n) is 5.57. The minimum atomic E-state index is 0.777. The minimum absolute atomic E-state index is 0.777. The van der Waals surface area contributed by atoms with E-state index >= 15 is 0 Å². The van der Waals surface area contributed by atoms with Gasteiger partial charge in [0.2, 0.25) is 0 Å². The molecule has 5 aromatic rings. The van der Waals surface area contributed by atoms with Gasteiger partial charge in [-0.25, -0.2) is 4.99 Å². The van der Waals surface area contributed by atoms with E-state index in [2.05, 4.69) is 68.4 Å². The Morgan fingerprint density at radius 1 is 0.806 bits per heavy atom. The molecule has 0 N–H and O–H groups in total. The summed E-state index contributed by atoms with van der Waals surface area (Å²) in [7, 11) is 1.67. The van der Waals surface area contributed by atoms with Crippen LogP contribution in [0.2, 0.25) is 0 Å². The van der Waals surface area contributed by atoms with Crippen LogP contribution in [0.1, 0.15) is 11.1 Å². The van der Waals surface area contributed by atoms with E-state index in [4.69, 9.17) is 14.1 Å². The Bertz CT molecular complexity index is 1470. The van der Waals surface area contributed by atoms with Gasteiger partial charge in [0.15, 0.2) is 0 Å². The lowest BCUT2D eigenvalue weighted by Gasteiger charge is -2.09. The fraction of sp³-hybridized carbons (Fsp3) is 0.107. The summed E-state index contributed by atoms with van der Waals surface area (Å²) in [5.74, 6) is 1.59. The maximum atomic E-state index is 6.35. The first-order valence-electron chi connectivity index (χ1n) is 10.3. The Morgan fingerprint density at radius 2 is 1.58 bits per heavy atom. The summed E-state index contributed by atoms with van der Waals surface area (Å²) in [6, 6.07) is 28.8. The standard InChI is InChI=1S/C28H23NO2/c1-18-15-19(2)28-25(29-24-10-6-8-20-7-4-5-9-23(20)24)17-26(31-27(28)16-18)21-11-13-22(30-3)14-12-21/h4-17H,1-3H3. The zero-order valence-electron chi connectivity index (χ0n) is 17.8. The van der Waals surface area contributed by atoms with Crippen LogP contribution in [0.5, 0.6) is 5.75 Å². The zero-order valence-corrected chi connectivity index (χ0v) is 17.8. The molecular weight excluding hydrogens is 382 g/mol. The van der Waals surface area contributed by atoms with E-state index in [-0.39, 0.29) is 0 Å². The average Bonchev–Trinajstić information content (AvgIpc) is 2.78. The van der Waals surface area contributed by atoms with Crippen LogP contribution < -0.4 is 10.1 Å². The molecule has 0 saturated heterocycles. The SMILES string of the molecule is COc1ccc(-c2cc(=Nc3cccc4ccccc34)c3c(C)cc(C)cc3o2)cc1. The number of benzene rings is 4. The van der Waals surface area contributed by atoms with E-state index in [1.165, 1.54) is 5.39 Å². The van der Waals surface area contributed by atoms with E-state index in [9.17, 15) is 0 Å². The Kier molecular flexibility index (Phi) is 4.79. The van der Waals surface area contributed by atoms with Crippen LogP contribution >= 0.6 is 0 Å². The summed E-state index contributed by atoms with van der Waals surface area (Å²) in [5.41, 5.74) is 5.09. The molecule has 31 heavy (non-hydrogen) atoms. The van der Waals surface area contributed by atoms with Crippen molar-refractivity contribution < 1.29 is 9.15 Å². The van der Waals surface area contributed by atoms with E-state index < -0.39 is 0 Å². The Morgan fingerprint density at radius 3 is 2.39 bits per heavy atom. The molecule has 0 radical (unpaired) electrons. The van der Waals surface area contributed by atoms with Crippen molar-refractivity contribution in [1.82, 2.24) is 0 Å². The Hall–Kier alpha value is -3.85. The minimum Gasteiger partial charge on any atom is -0.497 e. The van der Waals surface area contributed by atoms with Gasteiger partial charge in [0, 0.05) is 22.4 Å². The van der Waals surface area contributed by atoms with Crippen LogP contribution in [-0.2, 0) is 0 Å². The van der Waals surface area contributed by atoms with Crippen molar-refractivity contribution in [2.24, 2.45) is 4.99 Å². The topological polar surface area (TPSA) is 34.7 Å². The fourth-order valence-electron chi connectivity index (χ4n) is 4.10. The fourth-order valence-corrected chi connectivity index (χ4v) is 4.10. The molecule has 0 aliphatic heterocycles. The molecule has 0 saturated carbocycles. The molecule has 4 aromatic carbocycles. The number of rotatable bonds is 3. The van der Waals surface area contributed by atoms with E-state index in [1.54, 1.807) is 7.11 Å². The monoisotopic (exact) mass is 405 g/mol. The molecule has 0 fully saturated rings. The summed E-state index contributed by atoms with van der Waals surface area (Å²) in [6.45, 7) is 4.20. The molecule has 1 heterocycles. The quantitative estimate of drug-likeness (QED) is 0.320. The lowest BCUT2D eigenvalue weighted by Crippen LogP contribution is -2.05. The van der Waals surface area contributed by atoms with Crippen molar-refractivity contribution >= 4 is 27.4 Å². The molecule has 3 nitrogen and oxygen atoms in total. The molecule has 152 valence electrons. The van der Waals surface area contributed by atoms with Crippen molar-refractivity contribution in [3.05, 3.63) is 101 Å². The highest BCUT2D eigenvalue weighted by Crippen LogP contribution is 2.29. The summed E-state index contributed by atoms with van der Waals surface area (Å²) >= 11 is 0. The van der Waals surface area contributed by atoms with Gasteiger partial charge in [-0.3, -0.25) is 0 Å². The van der Waals surface area contributed by atoms with Gasteiger partial charge in [-0.15, -0.1) is 0 Å². The molecule has 5 rings (SSSR count). The predicted octanol–water partition coefficient (Wildman–Crippen LogP) is 7.11. The van der Waals surface area contributed by atoms with Crippen molar-refractivity contribution in [3.63, 3.8) is 0 Å². The zero-order chi connectivity index (χ0) is 21.4. The van der Waals surface area contributed by atoms with Gasteiger partial charge in [-0.2, -0.15) is 0 Å². The lowest BCUT2D eigenvalue weighted by atomic mass is 10.0. The van der Waals surface area contributed by atoms with Crippen LogP contribution in [0.3, 0.4) is 0 Å². The highest BCUT2D eigenvalue weighted by molar-refractivity contribution is 5.92. The number of hydrogen-bond donors (Lipinski definition) is 0. The number of aryl methyl sites for hydroxylation is 2. The second-order valence-corrected chi connectivity index (χ2v) is 7.79. The summed E-state index contributed by atoms with van der Waals surface area (Å²) in [6.07, 6.45) is 0. The van der Waals surface area contributed by atoms with E-state index in [1.807, 2.05) is 30.3 Å². The number of fused-ring (bicyclic) bond motifs is 2. The largest absolute Gasteiger partial charge is 0.497 e. The first kappa shape index (κ1) is 19.1. The smallest absolute Gasteiger partial charge is 0.137 e. The van der Waals surface area contributed by atoms with Gasteiger partial charge in [-0.05, 0) is 66.8 Å². The van der Waals surface area contributed by atoms with Crippen molar-refractivity contribution in [2.75, 3.05) is 7.11 Å². The first-order chi connectivity index (χ1) is 15.1. The average molecular weight is 405 g/mol. The molecule has 0 amide bonds. The van der Waals surface area contributed by atoms with E-state index in [0.29, 0.717) is 0 Å². The highest BCUT2D eigenvalue weighted by Gasteiger charge is 2.10. The van der Waals surface area contributed by atoms with Gasteiger partial charge in [-0.1, -0.05) is 42.5 Å². The van der Waals surface area contributed by atoms with Crippen molar-refractivity contribution in [1.29, 1.82) is 0 Å². The second kappa shape index (κ2) is 7.77. The number of ether oxygens (including phenoxy) is 1. The molecule has 0 bridgehead atoms. The molecule has 0 aliphatic carbocycles. The van der Waals surface area contributed by atoms with Gasteiger partial charge in [0.25, 0.3) is 0 Å². The molecule has 0 aliphatic rings. The normalized spacial score (nSPS) is 11.9. The van der Waals surface area contributed by atoms with Crippen molar-refractivity contribution in [2.45, 2.75) is 13.8 Å². The molecule has 3 heteroatoms. The van der Waals surface area contributed by atoms with Crippen LogP contribution in [0.4, 0.5) is 5.69 Å². The predicted molar refractivity (Wildman–Crippen MR) is 127 cm³/mol. The Balaban J connectivity index is 1.82. The number of nitrogens with zero attached hydrogens (tertiary/aromatic N) is 1. The molecule has 0 unspecified atom stereocenters. The maximum Gasteiger partial charge on any atom is 0.137 e. The van der Waals surface area contributed by atoms with Gasteiger partial charge in [0.1, 0.15) is 17.1 Å². The van der Waals surface area contributed by atoms with E-state index in [0.717, 1.165) is 55.6 Å². The molecule has 0 atom stereocenters. The van der Waals surface area contributed by atoms with Crippen LogP contribution in [0.25, 0.3) is 33.1 Å². The van der Waals surface area contributed by atoms with Crippen molar-refractivity contribution in [3.8, 4) is 17.1 Å². The van der Waals surface area contributed by atoms with Gasteiger partial charge >= 0.3 is 0 Å².